The van der Waals surface area contributed by atoms with Gasteiger partial charge in [-0.1, -0.05) is 54.4 Å². The van der Waals surface area contributed by atoms with Crippen LogP contribution >= 0.6 is 0 Å². The highest BCUT2D eigenvalue weighted by atomic mass is 14.6. The third-order valence-corrected chi connectivity index (χ3v) is 1.80. The normalized spacial score (nSPS) is 7.25. The van der Waals surface area contributed by atoms with Crippen LogP contribution in [-0.2, 0) is 0 Å². The van der Waals surface area contributed by atoms with Gasteiger partial charge in [0.05, 0.1) is 0 Å². The van der Waals surface area contributed by atoms with E-state index in [1.165, 1.54) is 24.0 Å². The van der Waals surface area contributed by atoms with Crippen LogP contribution in [0.1, 0.15) is 65.5 Å². The second kappa shape index (κ2) is 19.7. The van der Waals surface area contributed by atoms with Crippen LogP contribution in [0.2, 0.25) is 0 Å². The molecule has 96 valence electrons. The molecule has 0 unspecified atom stereocenters. The Hall–Kier alpha value is -0.850. The summed E-state index contributed by atoms with van der Waals surface area (Å²) in [4.78, 5) is 3.95. The topological polar surface area (TPSA) is 12.9 Å². The highest BCUT2D eigenvalue weighted by molar-refractivity contribution is 5.18. The molecule has 0 bridgehead atoms. The second-order valence-corrected chi connectivity index (χ2v) is 2.96. The molecule has 0 aliphatic heterocycles. The molecule has 0 spiro atoms. The molecule has 1 rings (SSSR count). The Morgan fingerprint density at radius 3 is 1.50 bits per heavy atom. The summed E-state index contributed by atoms with van der Waals surface area (Å²) in [6.07, 6.45) is 6.32. The fraction of sp³-hybridized carbons (Fsp3) is 0.667. The van der Waals surface area contributed by atoms with E-state index in [2.05, 4.69) is 32.7 Å². The SMILES string of the molecule is CC.CC.CCCC.Cc1ccncc1C. The van der Waals surface area contributed by atoms with Crippen molar-refractivity contribution in [2.75, 3.05) is 0 Å². The number of hydrogen-bond acceptors (Lipinski definition) is 1. The Kier molecular flexibility index (Phi) is 25.3. The first-order valence-electron chi connectivity index (χ1n) is 6.59. The maximum absolute atomic E-state index is 3.95. The van der Waals surface area contributed by atoms with Crippen molar-refractivity contribution < 1.29 is 0 Å². The Labute approximate surface area is 103 Å². The summed E-state index contributed by atoms with van der Waals surface area (Å²) in [5, 5.41) is 0. The summed E-state index contributed by atoms with van der Waals surface area (Å²) >= 11 is 0. The van der Waals surface area contributed by atoms with Crippen molar-refractivity contribution in [2.45, 2.75) is 68.2 Å². The van der Waals surface area contributed by atoms with E-state index in [9.17, 15) is 0 Å². The van der Waals surface area contributed by atoms with Crippen LogP contribution in [0.3, 0.4) is 0 Å². The summed E-state index contributed by atoms with van der Waals surface area (Å²) in [5.74, 6) is 0. The van der Waals surface area contributed by atoms with E-state index in [1.807, 2.05) is 46.2 Å². The van der Waals surface area contributed by atoms with Crippen LogP contribution in [0.15, 0.2) is 18.5 Å². The summed E-state index contributed by atoms with van der Waals surface area (Å²) in [6, 6.07) is 2.01. The van der Waals surface area contributed by atoms with Crippen LogP contribution in [0, 0.1) is 13.8 Å². The maximum atomic E-state index is 3.95. The number of nitrogens with zero attached hydrogens (tertiary/aromatic N) is 1. The number of unbranched alkanes of at least 4 members (excludes halogenated alkanes) is 1. The molecular weight excluding hydrogens is 194 g/mol. The van der Waals surface area contributed by atoms with Crippen molar-refractivity contribution >= 4 is 0 Å². The minimum absolute atomic E-state index is 1.26. The van der Waals surface area contributed by atoms with Gasteiger partial charge in [0.1, 0.15) is 0 Å². The number of hydrogen-bond donors (Lipinski definition) is 0. The Morgan fingerprint density at radius 2 is 1.31 bits per heavy atom. The van der Waals surface area contributed by atoms with Gasteiger partial charge in [-0.2, -0.15) is 0 Å². The molecule has 0 amide bonds. The number of rotatable bonds is 1. The first-order chi connectivity index (χ1) is 7.72. The lowest BCUT2D eigenvalue weighted by Crippen LogP contribution is -1.78. The minimum Gasteiger partial charge on any atom is -0.264 e. The van der Waals surface area contributed by atoms with E-state index in [0.717, 1.165) is 0 Å². The van der Waals surface area contributed by atoms with Crippen LogP contribution in [-0.4, -0.2) is 4.98 Å². The predicted octanol–water partition coefficient (Wildman–Crippen LogP) is 5.56. The van der Waals surface area contributed by atoms with Crippen molar-refractivity contribution in [1.82, 2.24) is 4.98 Å². The zero-order chi connectivity index (χ0) is 13.4. The van der Waals surface area contributed by atoms with Crippen LogP contribution in [0.25, 0.3) is 0 Å². The highest BCUT2D eigenvalue weighted by Gasteiger charge is 1.84. The smallest absolute Gasteiger partial charge is 0.0299 e. The monoisotopic (exact) mass is 225 g/mol. The van der Waals surface area contributed by atoms with E-state index in [4.69, 9.17) is 0 Å². The van der Waals surface area contributed by atoms with E-state index in [0.29, 0.717) is 0 Å². The average Bonchev–Trinajstić information content (AvgIpc) is 2.38. The minimum atomic E-state index is 1.26. The maximum Gasteiger partial charge on any atom is 0.0299 e. The molecule has 1 heterocycles. The van der Waals surface area contributed by atoms with Gasteiger partial charge in [0.2, 0.25) is 0 Å². The molecule has 1 nitrogen and oxygen atoms in total. The average molecular weight is 225 g/mol. The molecule has 0 fully saturated rings. The fourth-order valence-corrected chi connectivity index (χ4v) is 0.543. The molecule has 0 radical (unpaired) electrons. The van der Waals surface area contributed by atoms with Gasteiger partial charge in [-0.15, -0.1) is 0 Å². The Bertz CT molecular complexity index is 183. The molecule has 0 aromatic carbocycles. The van der Waals surface area contributed by atoms with Gasteiger partial charge < -0.3 is 0 Å². The number of aromatic nitrogens is 1. The van der Waals surface area contributed by atoms with E-state index in [1.54, 1.807) is 0 Å². The number of pyridine rings is 1. The molecule has 0 atom stereocenters. The van der Waals surface area contributed by atoms with Crippen molar-refractivity contribution in [1.29, 1.82) is 0 Å². The molecule has 16 heavy (non-hydrogen) atoms. The largest absolute Gasteiger partial charge is 0.264 e. The first kappa shape index (κ1) is 20.5. The molecular formula is C15H31N. The molecule has 1 heteroatoms. The molecule has 0 saturated heterocycles. The van der Waals surface area contributed by atoms with Crippen LogP contribution < -0.4 is 0 Å². The molecule has 1 aromatic rings. The third kappa shape index (κ3) is 15.6. The highest BCUT2D eigenvalue weighted by Crippen LogP contribution is 2.00. The summed E-state index contributed by atoms with van der Waals surface area (Å²) < 4.78 is 0. The molecule has 1 aromatic heterocycles. The van der Waals surface area contributed by atoms with Crippen LogP contribution in [0.5, 0.6) is 0 Å². The third-order valence-electron chi connectivity index (χ3n) is 1.80. The van der Waals surface area contributed by atoms with Gasteiger partial charge in [0.25, 0.3) is 0 Å². The zero-order valence-electron chi connectivity index (χ0n) is 12.6. The Morgan fingerprint density at radius 1 is 0.875 bits per heavy atom. The van der Waals surface area contributed by atoms with E-state index < -0.39 is 0 Å². The van der Waals surface area contributed by atoms with Gasteiger partial charge >= 0.3 is 0 Å². The van der Waals surface area contributed by atoms with E-state index in [-0.39, 0.29) is 0 Å². The standard InChI is InChI=1S/C7H9N.C4H10.2C2H6/c1-6-3-4-8-5-7(6)2;1-3-4-2;2*1-2/h3-5H,1-2H3;3-4H2,1-2H3;2*1-2H3. The van der Waals surface area contributed by atoms with Gasteiger partial charge in [-0.05, 0) is 31.0 Å². The summed E-state index contributed by atoms with van der Waals surface area (Å²) in [6.45, 7) is 16.5. The predicted molar refractivity (Wildman–Crippen MR) is 77.0 cm³/mol. The van der Waals surface area contributed by atoms with Crippen LogP contribution in [0.4, 0.5) is 0 Å². The summed E-state index contributed by atoms with van der Waals surface area (Å²) in [5.41, 5.74) is 2.56. The molecule has 0 saturated carbocycles. The summed E-state index contributed by atoms with van der Waals surface area (Å²) in [7, 11) is 0. The Balaban J connectivity index is -0.000000181. The van der Waals surface area contributed by atoms with Crippen molar-refractivity contribution in [3.05, 3.63) is 29.6 Å². The van der Waals surface area contributed by atoms with Gasteiger partial charge in [-0.25, -0.2) is 0 Å². The lowest BCUT2D eigenvalue weighted by Gasteiger charge is -1.92. The molecule has 0 aliphatic carbocycles. The van der Waals surface area contributed by atoms with Gasteiger partial charge in [-0.3, -0.25) is 4.98 Å². The van der Waals surface area contributed by atoms with Crippen molar-refractivity contribution in [3.63, 3.8) is 0 Å². The molecule has 0 aliphatic rings. The number of aryl methyl sites for hydroxylation is 2. The van der Waals surface area contributed by atoms with E-state index >= 15 is 0 Å². The lowest BCUT2D eigenvalue weighted by molar-refractivity contribution is 0.886. The quantitative estimate of drug-likeness (QED) is 0.610. The lowest BCUT2D eigenvalue weighted by atomic mass is 10.2. The van der Waals surface area contributed by atoms with Gasteiger partial charge in [0.15, 0.2) is 0 Å². The zero-order valence-corrected chi connectivity index (χ0v) is 12.6. The second-order valence-electron chi connectivity index (χ2n) is 2.96. The first-order valence-corrected chi connectivity index (χ1v) is 6.59. The molecule has 0 N–H and O–H groups in total. The van der Waals surface area contributed by atoms with Crippen molar-refractivity contribution in [3.8, 4) is 0 Å². The van der Waals surface area contributed by atoms with Gasteiger partial charge in [0, 0.05) is 12.4 Å². The van der Waals surface area contributed by atoms with Crippen molar-refractivity contribution in [2.24, 2.45) is 0 Å². The fourth-order valence-electron chi connectivity index (χ4n) is 0.543.